The highest BCUT2D eigenvalue weighted by Gasteiger charge is 2.31. The second kappa shape index (κ2) is 4.53. The Bertz CT molecular complexity index is 222. The summed E-state index contributed by atoms with van der Waals surface area (Å²) < 4.78 is 0. The molecule has 80 valence electrons. The highest BCUT2D eigenvalue weighted by atomic mass is 32.1. The van der Waals surface area contributed by atoms with E-state index in [-0.39, 0.29) is 5.91 Å². The number of nitrogens with zero attached hydrogens (tertiary/aromatic N) is 1. The number of thiol groups is 1. The maximum Gasteiger partial charge on any atom is 0.229 e. The van der Waals surface area contributed by atoms with Gasteiger partial charge in [-0.2, -0.15) is 12.6 Å². The number of hydrogen-bond acceptors (Lipinski definition) is 3. The molecule has 2 atom stereocenters. The zero-order valence-electron chi connectivity index (χ0n) is 8.41. The summed E-state index contributed by atoms with van der Waals surface area (Å²) in [7, 11) is 0. The van der Waals surface area contributed by atoms with Gasteiger partial charge in [0.1, 0.15) is 0 Å². The molecule has 0 aromatic heterocycles. The SMILES string of the molecule is O=C(CS)NC1CCN2CCCC2C1. The van der Waals surface area contributed by atoms with E-state index in [4.69, 9.17) is 0 Å². The molecule has 2 rings (SSSR count). The third kappa shape index (κ3) is 2.23. The van der Waals surface area contributed by atoms with Crippen molar-refractivity contribution in [2.24, 2.45) is 0 Å². The number of carbonyl (C=O) groups is 1. The number of rotatable bonds is 2. The summed E-state index contributed by atoms with van der Waals surface area (Å²) >= 11 is 3.97. The quantitative estimate of drug-likeness (QED) is 0.662. The van der Waals surface area contributed by atoms with E-state index in [0.29, 0.717) is 11.8 Å². The monoisotopic (exact) mass is 214 g/mol. The van der Waals surface area contributed by atoms with Gasteiger partial charge in [-0.15, -0.1) is 0 Å². The molecule has 0 aromatic carbocycles. The number of hydrogen-bond donors (Lipinski definition) is 2. The first kappa shape index (κ1) is 10.3. The summed E-state index contributed by atoms with van der Waals surface area (Å²) in [6, 6.07) is 1.13. The van der Waals surface area contributed by atoms with E-state index in [0.717, 1.165) is 25.4 Å². The smallest absolute Gasteiger partial charge is 0.229 e. The number of nitrogens with one attached hydrogen (secondary N) is 1. The Morgan fingerprint density at radius 1 is 1.43 bits per heavy atom. The van der Waals surface area contributed by atoms with Gasteiger partial charge >= 0.3 is 0 Å². The maximum atomic E-state index is 11.2. The first-order chi connectivity index (χ1) is 6.79. The van der Waals surface area contributed by atoms with Crippen LogP contribution in [-0.2, 0) is 4.79 Å². The molecule has 0 aliphatic carbocycles. The van der Waals surface area contributed by atoms with Crippen molar-refractivity contribution in [1.29, 1.82) is 0 Å². The van der Waals surface area contributed by atoms with Crippen LogP contribution >= 0.6 is 12.6 Å². The zero-order valence-corrected chi connectivity index (χ0v) is 9.30. The maximum absolute atomic E-state index is 11.2. The highest BCUT2D eigenvalue weighted by molar-refractivity contribution is 7.81. The predicted octanol–water partition coefficient (Wildman–Crippen LogP) is 0.659. The summed E-state index contributed by atoms with van der Waals surface area (Å²) in [6.45, 7) is 2.42. The fraction of sp³-hybridized carbons (Fsp3) is 0.900. The number of piperidine rings is 1. The molecule has 2 saturated heterocycles. The van der Waals surface area contributed by atoms with Crippen molar-refractivity contribution in [2.75, 3.05) is 18.8 Å². The molecule has 14 heavy (non-hydrogen) atoms. The molecule has 1 N–H and O–H groups in total. The number of fused-ring (bicyclic) bond motifs is 1. The summed E-state index contributed by atoms with van der Waals surface area (Å²) in [5.74, 6) is 0.384. The predicted molar refractivity (Wildman–Crippen MR) is 59.6 cm³/mol. The van der Waals surface area contributed by atoms with Crippen LogP contribution in [0.2, 0.25) is 0 Å². The van der Waals surface area contributed by atoms with Crippen molar-refractivity contribution in [3.05, 3.63) is 0 Å². The van der Waals surface area contributed by atoms with Gasteiger partial charge in [0.25, 0.3) is 0 Å². The fourth-order valence-corrected chi connectivity index (χ4v) is 2.72. The first-order valence-corrected chi connectivity index (χ1v) is 6.07. The van der Waals surface area contributed by atoms with Crippen molar-refractivity contribution < 1.29 is 4.79 Å². The summed E-state index contributed by atoms with van der Waals surface area (Å²) in [6.07, 6.45) is 4.89. The van der Waals surface area contributed by atoms with Gasteiger partial charge in [0.15, 0.2) is 0 Å². The van der Waals surface area contributed by atoms with Crippen LogP contribution in [0.15, 0.2) is 0 Å². The molecule has 0 spiro atoms. The average Bonchev–Trinajstić information content (AvgIpc) is 2.64. The largest absolute Gasteiger partial charge is 0.353 e. The van der Waals surface area contributed by atoms with Crippen molar-refractivity contribution in [2.45, 2.75) is 37.8 Å². The van der Waals surface area contributed by atoms with E-state index in [1.165, 1.54) is 19.4 Å². The van der Waals surface area contributed by atoms with Crippen molar-refractivity contribution in [3.63, 3.8) is 0 Å². The molecule has 2 fully saturated rings. The minimum Gasteiger partial charge on any atom is -0.353 e. The highest BCUT2D eigenvalue weighted by Crippen LogP contribution is 2.26. The Labute approximate surface area is 90.6 Å². The Balaban J connectivity index is 1.82. The molecule has 0 radical (unpaired) electrons. The lowest BCUT2D eigenvalue weighted by molar-refractivity contribution is -0.119. The van der Waals surface area contributed by atoms with Crippen LogP contribution in [0.4, 0.5) is 0 Å². The van der Waals surface area contributed by atoms with Crippen LogP contribution in [0, 0.1) is 0 Å². The number of carbonyl (C=O) groups excluding carboxylic acids is 1. The summed E-state index contributed by atoms with van der Waals surface area (Å²) in [4.78, 5) is 13.7. The normalized spacial score (nSPS) is 32.6. The molecule has 3 nitrogen and oxygen atoms in total. The standard InChI is InChI=1S/C10H18N2OS/c13-10(7-14)11-8-3-5-12-4-1-2-9(12)6-8/h8-9,14H,1-7H2,(H,11,13). The number of amides is 1. The minimum atomic E-state index is 0.0739. The first-order valence-electron chi connectivity index (χ1n) is 5.44. The molecule has 2 aliphatic heterocycles. The lowest BCUT2D eigenvalue weighted by Crippen LogP contribution is -2.47. The molecule has 0 aromatic rings. The minimum absolute atomic E-state index is 0.0739. The van der Waals surface area contributed by atoms with Gasteiger partial charge in [-0.3, -0.25) is 4.79 Å². The molecule has 2 aliphatic rings. The third-order valence-corrected chi connectivity index (χ3v) is 3.62. The Kier molecular flexibility index (Phi) is 3.34. The van der Waals surface area contributed by atoms with Gasteiger partial charge in [0.2, 0.25) is 5.91 Å². The lowest BCUT2D eigenvalue weighted by Gasteiger charge is -2.35. The Morgan fingerprint density at radius 3 is 3.07 bits per heavy atom. The van der Waals surface area contributed by atoms with E-state index >= 15 is 0 Å². The van der Waals surface area contributed by atoms with Crippen molar-refractivity contribution >= 4 is 18.5 Å². The second-order valence-electron chi connectivity index (χ2n) is 4.28. The topological polar surface area (TPSA) is 32.3 Å². The molecule has 4 heteroatoms. The van der Waals surface area contributed by atoms with Crippen LogP contribution in [0.5, 0.6) is 0 Å². The Hall–Kier alpha value is -0.220. The third-order valence-electron chi connectivity index (χ3n) is 3.33. The second-order valence-corrected chi connectivity index (χ2v) is 4.60. The van der Waals surface area contributed by atoms with Crippen molar-refractivity contribution in [3.8, 4) is 0 Å². The lowest BCUT2D eigenvalue weighted by atomic mass is 9.98. The van der Waals surface area contributed by atoms with E-state index in [2.05, 4.69) is 22.8 Å². The molecule has 1 amide bonds. The fourth-order valence-electron chi connectivity index (χ4n) is 2.63. The van der Waals surface area contributed by atoms with Crippen LogP contribution in [0.3, 0.4) is 0 Å². The summed E-state index contributed by atoms with van der Waals surface area (Å²) in [5.41, 5.74) is 0. The molecule has 2 unspecified atom stereocenters. The molecular weight excluding hydrogens is 196 g/mol. The van der Waals surface area contributed by atoms with E-state index in [1.54, 1.807) is 0 Å². The van der Waals surface area contributed by atoms with Crippen LogP contribution in [-0.4, -0.2) is 41.7 Å². The van der Waals surface area contributed by atoms with Crippen molar-refractivity contribution in [1.82, 2.24) is 10.2 Å². The van der Waals surface area contributed by atoms with Gasteiger partial charge < -0.3 is 10.2 Å². The molecule has 0 saturated carbocycles. The van der Waals surface area contributed by atoms with Crippen LogP contribution < -0.4 is 5.32 Å². The Morgan fingerprint density at radius 2 is 2.29 bits per heavy atom. The van der Waals surface area contributed by atoms with Crippen LogP contribution in [0.25, 0.3) is 0 Å². The van der Waals surface area contributed by atoms with Gasteiger partial charge in [0.05, 0.1) is 5.75 Å². The van der Waals surface area contributed by atoms with Crippen LogP contribution in [0.1, 0.15) is 25.7 Å². The zero-order chi connectivity index (χ0) is 9.97. The molecule has 0 bridgehead atoms. The van der Waals surface area contributed by atoms with E-state index in [9.17, 15) is 4.79 Å². The molecule has 2 heterocycles. The van der Waals surface area contributed by atoms with Gasteiger partial charge in [-0.25, -0.2) is 0 Å². The van der Waals surface area contributed by atoms with Gasteiger partial charge in [0, 0.05) is 18.6 Å². The van der Waals surface area contributed by atoms with E-state index < -0.39 is 0 Å². The van der Waals surface area contributed by atoms with Gasteiger partial charge in [-0.05, 0) is 32.2 Å². The molecular formula is C10H18N2OS. The van der Waals surface area contributed by atoms with E-state index in [1.807, 2.05) is 0 Å². The average molecular weight is 214 g/mol. The van der Waals surface area contributed by atoms with Gasteiger partial charge in [-0.1, -0.05) is 0 Å². The summed E-state index contributed by atoms with van der Waals surface area (Å²) in [5, 5.41) is 3.04.